The summed E-state index contributed by atoms with van der Waals surface area (Å²) in [6, 6.07) is 22.7. The van der Waals surface area contributed by atoms with E-state index >= 15 is 0 Å². The van der Waals surface area contributed by atoms with Crippen LogP contribution in [-0.4, -0.2) is 68.8 Å². The smallest absolute Gasteiger partial charge is 0.459 e. The Morgan fingerprint density at radius 2 is 1.74 bits per heavy atom. The molecule has 1 aliphatic heterocycles. The number of furan rings is 1. The summed E-state index contributed by atoms with van der Waals surface area (Å²) in [5, 5.41) is 27.2. The average Bonchev–Trinajstić information content (AvgIpc) is 3.77. The van der Waals surface area contributed by atoms with Crippen molar-refractivity contribution in [1.29, 1.82) is 0 Å². The number of ether oxygens (including phenoxy) is 2. The van der Waals surface area contributed by atoms with Crippen molar-refractivity contribution in [3.05, 3.63) is 91.4 Å². The van der Waals surface area contributed by atoms with Gasteiger partial charge in [-0.3, -0.25) is 9.32 Å². The third-order valence-electron chi connectivity index (χ3n) is 8.06. The van der Waals surface area contributed by atoms with Gasteiger partial charge in [0.25, 0.3) is 0 Å². The fourth-order valence-corrected chi connectivity index (χ4v) is 7.27. The SMILES string of the molecule is COC(=O)[C@H](C)NP(=O)(OC[C@H]1O[C@@H](n2ccc3c(-c4cccc5c4oc4ccccc45)ncnc32)[C@H](O)[C@@H]1O)Oc1ccccc1. The second-order valence-electron chi connectivity index (χ2n) is 11.1. The van der Waals surface area contributed by atoms with E-state index in [-0.39, 0.29) is 5.75 Å². The summed E-state index contributed by atoms with van der Waals surface area (Å²) in [6.07, 6.45) is -1.91. The highest BCUT2D eigenvalue weighted by Crippen LogP contribution is 2.46. The summed E-state index contributed by atoms with van der Waals surface area (Å²) >= 11 is 0. The Balaban J connectivity index is 1.15. The summed E-state index contributed by atoms with van der Waals surface area (Å²) in [6.45, 7) is 0.992. The number of esters is 1. The second-order valence-corrected chi connectivity index (χ2v) is 12.8. The van der Waals surface area contributed by atoms with Crippen molar-refractivity contribution in [3.63, 3.8) is 0 Å². The Kier molecular flexibility index (Phi) is 8.27. The summed E-state index contributed by atoms with van der Waals surface area (Å²) < 4.78 is 43.7. The quantitative estimate of drug-likeness (QED) is 0.134. The predicted octanol–water partition coefficient (Wildman–Crippen LogP) is 4.97. The van der Waals surface area contributed by atoms with Gasteiger partial charge in [-0.15, -0.1) is 0 Å². The van der Waals surface area contributed by atoms with Crippen molar-refractivity contribution in [1.82, 2.24) is 19.6 Å². The minimum absolute atomic E-state index is 0.221. The van der Waals surface area contributed by atoms with E-state index in [2.05, 4.69) is 15.1 Å². The Hall–Kier alpha value is -4.62. The van der Waals surface area contributed by atoms with Gasteiger partial charge in [-0.1, -0.05) is 48.5 Å². The van der Waals surface area contributed by atoms with Gasteiger partial charge < -0.3 is 33.2 Å². The van der Waals surface area contributed by atoms with Gasteiger partial charge in [0.05, 0.1) is 19.4 Å². The van der Waals surface area contributed by atoms with Crippen molar-refractivity contribution in [3.8, 4) is 17.0 Å². The van der Waals surface area contributed by atoms with Crippen LogP contribution in [0.2, 0.25) is 0 Å². The number of nitrogens with zero attached hydrogens (tertiary/aromatic N) is 3. The normalized spacial score (nSPS) is 21.6. The van der Waals surface area contributed by atoms with Crippen molar-refractivity contribution in [2.24, 2.45) is 0 Å². The van der Waals surface area contributed by atoms with Gasteiger partial charge in [0.15, 0.2) is 6.23 Å². The van der Waals surface area contributed by atoms with Crippen LogP contribution >= 0.6 is 7.75 Å². The molecule has 3 aromatic carbocycles. The third-order valence-corrected chi connectivity index (χ3v) is 9.71. The van der Waals surface area contributed by atoms with E-state index < -0.39 is 50.9 Å². The Morgan fingerprint density at radius 3 is 2.55 bits per heavy atom. The van der Waals surface area contributed by atoms with Gasteiger partial charge >= 0.3 is 13.7 Å². The zero-order valence-corrected chi connectivity index (χ0v) is 26.2. The van der Waals surface area contributed by atoms with Gasteiger partial charge in [-0.05, 0) is 37.3 Å². The molecule has 3 aromatic heterocycles. The molecule has 0 aliphatic carbocycles. The first-order chi connectivity index (χ1) is 22.8. The highest BCUT2D eigenvalue weighted by Gasteiger charge is 2.46. The molecule has 1 saturated heterocycles. The van der Waals surface area contributed by atoms with Gasteiger partial charge in [0.2, 0.25) is 0 Å². The molecule has 242 valence electrons. The molecule has 0 saturated carbocycles. The van der Waals surface area contributed by atoms with E-state index in [0.29, 0.717) is 22.3 Å². The van der Waals surface area contributed by atoms with Crippen molar-refractivity contribution in [2.45, 2.75) is 37.5 Å². The number of hydrogen-bond acceptors (Lipinski definition) is 11. The van der Waals surface area contributed by atoms with Crippen LogP contribution in [0.5, 0.6) is 5.75 Å². The van der Waals surface area contributed by atoms with E-state index in [1.165, 1.54) is 20.4 Å². The molecule has 0 spiro atoms. The fourth-order valence-electron chi connectivity index (χ4n) is 5.77. The van der Waals surface area contributed by atoms with Crippen LogP contribution in [0.25, 0.3) is 44.2 Å². The number of nitrogens with one attached hydrogen (secondary N) is 1. The number of benzene rings is 3. The maximum atomic E-state index is 13.8. The van der Waals surface area contributed by atoms with Gasteiger partial charge in [-0.2, -0.15) is 5.09 Å². The zero-order valence-electron chi connectivity index (χ0n) is 25.3. The van der Waals surface area contributed by atoms with E-state index in [4.69, 9.17) is 22.9 Å². The minimum Gasteiger partial charge on any atom is -0.468 e. The molecule has 6 aromatic rings. The number of carbonyl (C=O) groups is 1. The lowest BCUT2D eigenvalue weighted by Crippen LogP contribution is -2.37. The van der Waals surface area contributed by atoms with E-state index in [9.17, 15) is 19.6 Å². The average molecular weight is 659 g/mol. The molecule has 7 rings (SSSR count). The first kappa shape index (κ1) is 31.0. The molecule has 3 N–H and O–H groups in total. The summed E-state index contributed by atoms with van der Waals surface area (Å²) in [5.74, 6) is -0.464. The van der Waals surface area contributed by atoms with E-state index in [1.54, 1.807) is 47.2 Å². The lowest BCUT2D eigenvalue weighted by molar-refractivity contribution is -0.142. The summed E-state index contributed by atoms with van der Waals surface area (Å²) in [7, 11) is -3.01. The molecule has 0 radical (unpaired) electrons. The van der Waals surface area contributed by atoms with Crippen molar-refractivity contribution in [2.75, 3.05) is 13.7 Å². The topological polar surface area (TPSA) is 167 Å². The lowest BCUT2D eigenvalue weighted by Gasteiger charge is -2.24. The fraction of sp³-hybridized carbons (Fsp3) is 0.242. The maximum absolute atomic E-state index is 13.8. The van der Waals surface area contributed by atoms with E-state index in [1.807, 2.05) is 42.5 Å². The number of fused-ring (bicyclic) bond motifs is 4. The van der Waals surface area contributed by atoms with Gasteiger partial charge in [-0.25, -0.2) is 14.5 Å². The molecule has 0 bridgehead atoms. The molecule has 47 heavy (non-hydrogen) atoms. The van der Waals surface area contributed by atoms with Crippen molar-refractivity contribution < 1.29 is 42.5 Å². The molecular weight excluding hydrogens is 627 g/mol. The standard InChI is InChI=1S/C33H31N4O9P/c1-19(33(40)42-2)36-47(41,46-20-9-4-3-5-10-20)43-17-26-28(38)29(39)32(45-26)37-16-15-24-27(34-18-35-31(24)37)23-13-8-12-22-21-11-6-7-14-25(21)44-30(22)23/h3-16,18-19,26,28-29,32,38-39H,17H2,1-2H3,(H,36,41)/t19-,26+,28+,29+,32+,47?/m0/s1. The largest absolute Gasteiger partial charge is 0.468 e. The number of carbonyl (C=O) groups excluding carboxylic acids is 1. The number of para-hydroxylation sites is 3. The van der Waals surface area contributed by atoms with Gasteiger partial charge in [0, 0.05) is 27.9 Å². The van der Waals surface area contributed by atoms with Crippen LogP contribution in [0.1, 0.15) is 13.2 Å². The Labute approximate surface area is 268 Å². The number of aromatic nitrogens is 3. The number of aliphatic hydroxyl groups excluding tert-OH is 2. The highest BCUT2D eigenvalue weighted by molar-refractivity contribution is 7.52. The van der Waals surface area contributed by atoms with Crippen LogP contribution < -0.4 is 9.61 Å². The first-order valence-corrected chi connectivity index (χ1v) is 16.4. The maximum Gasteiger partial charge on any atom is 0.459 e. The summed E-state index contributed by atoms with van der Waals surface area (Å²) in [4.78, 5) is 21.1. The predicted molar refractivity (Wildman–Crippen MR) is 171 cm³/mol. The molecular formula is C33H31N4O9P. The minimum atomic E-state index is -4.21. The lowest BCUT2D eigenvalue weighted by atomic mass is 10.0. The Morgan fingerprint density at radius 1 is 0.979 bits per heavy atom. The van der Waals surface area contributed by atoms with Crippen molar-refractivity contribution >= 4 is 46.7 Å². The number of aliphatic hydroxyl groups is 2. The number of rotatable bonds is 10. The van der Waals surface area contributed by atoms with Crippen LogP contribution in [0.3, 0.4) is 0 Å². The van der Waals surface area contributed by atoms with Crippen LogP contribution in [0.4, 0.5) is 0 Å². The van der Waals surface area contributed by atoms with Gasteiger partial charge in [0.1, 0.15) is 53.2 Å². The third kappa shape index (κ3) is 5.78. The number of hydrogen-bond donors (Lipinski definition) is 3. The zero-order chi connectivity index (χ0) is 32.7. The monoisotopic (exact) mass is 658 g/mol. The highest BCUT2D eigenvalue weighted by atomic mass is 31.2. The van der Waals surface area contributed by atoms with E-state index in [0.717, 1.165) is 21.9 Å². The Bertz CT molecular complexity index is 2120. The first-order valence-electron chi connectivity index (χ1n) is 14.8. The van der Waals surface area contributed by atoms with Crippen LogP contribution in [-0.2, 0) is 23.4 Å². The van der Waals surface area contributed by atoms with Crippen LogP contribution in [0.15, 0.2) is 95.8 Å². The molecule has 1 unspecified atom stereocenters. The molecule has 0 amide bonds. The van der Waals surface area contributed by atoms with Crippen LogP contribution in [0, 0.1) is 0 Å². The number of methoxy groups -OCH3 is 1. The molecule has 13 nitrogen and oxygen atoms in total. The molecule has 1 fully saturated rings. The molecule has 4 heterocycles. The molecule has 14 heteroatoms. The second kappa shape index (κ2) is 12.5. The summed E-state index contributed by atoms with van der Waals surface area (Å²) in [5.41, 5.74) is 3.29. The molecule has 6 atom stereocenters. The molecule has 1 aliphatic rings.